The monoisotopic (exact) mass is 328 g/mol. The predicted octanol–water partition coefficient (Wildman–Crippen LogP) is 3.65. The first-order chi connectivity index (χ1) is 11.4. The Bertz CT molecular complexity index is 719. The number of carbonyl (C=O) groups is 1. The van der Waals surface area contributed by atoms with Gasteiger partial charge < -0.3 is 4.74 Å². The highest BCUT2D eigenvalue weighted by molar-refractivity contribution is 5.82. The summed E-state index contributed by atoms with van der Waals surface area (Å²) in [6.07, 6.45) is 1.44. The molecule has 0 fully saturated rings. The molecule has 0 aliphatic rings. The Hall–Kier alpha value is -2.69. The maximum Gasteiger partial charge on any atom is 0.277 e. The first-order valence-corrected chi connectivity index (χ1v) is 7.66. The van der Waals surface area contributed by atoms with Gasteiger partial charge in [0, 0.05) is 0 Å². The van der Waals surface area contributed by atoms with Gasteiger partial charge in [0.2, 0.25) is 0 Å². The molecule has 1 amide bonds. The van der Waals surface area contributed by atoms with Crippen molar-refractivity contribution in [3.05, 3.63) is 65.5 Å². The number of hydrazone groups is 1. The summed E-state index contributed by atoms with van der Waals surface area (Å²) in [6.45, 7) is 6.13. The lowest BCUT2D eigenvalue weighted by atomic mass is 9.86. The number of halogens is 1. The fraction of sp³-hybridized carbons (Fsp3) is 0.263. The summed E-state index contributed by atoms with van der Waals surface area (Å²) < 4.78 is 18.4. The predicted molar refractivity (Wildman–Crippen MR) is 92.8 cm³/mol. The maximum absolute atomic E-state index is 12.8. The van der Waals surface area contributed by atoms with Gasteiger partial charge in [-0.05, 0) is 34.7 Å². The van der Waals surface area contributed by atoms with E-state index in [1.165, 1.54) is 18.3 Å². The number of amides is 1. The number of ether oxygens (including phenoxy) is 1. The van der Waals surface area contributed by atoms with E-state index in [4.69, 9.17) is 4.74 Å². The van der Waals surface area contributed by atoms with Crippen LogP contribution in [0.4, 0.5) is 4.39 Å². The fourth-order valence-corrected chi connectivity index (χ4v) is 2.12. The minimum atomic E-state index is -0.364. The van der Waals surface area contributed by atoms with Crippen molar-refractivity contribution in [2.24, 2.45) is 5.10 Å². The van der Waals surface area contributed by atoms with Crippen molar-refractivity contribution < 1.29 is 13.9 Å². The van der Waals surface area contributed by atoms with E-state index in [1.54, 1.807) is 12.1 Å². The zero-order valence-electron chi connectivity index (χ0n) is 14.0. The van der Waals surface area contributed by atoms with E-state index in [0.29, 0.717) is 11.3 Å². The van der Waals surface area contributed by atoms with Gasteiger partial charge in [0.25, 0.3) is 5.91 Å². The second kappa shape index (κ2) is 7.73. The van der Waals surface area contributed by atoms with Crippen LogP contribution in [0.15, 0.2) is 53.6 Å². The van der Waals surface area contributed by atoms with Crippen molar-refractivity contribution in [3.63, 3.8) is 0 Å². The van der Waals surface area contributed by atoms with Gasteiger partial charge in [-0.25, -0.2) is 9.82 Å². The van der Waals surface area contributed by atoms with E-state index in [1.807, 2.05) is 24.3 Å². The quantitative estimate of drug-likeness (QED) is 0.673. The molecule has 0 heterocycles. The smallest absolute Gasteiger partial charge is 0.277 e. The summed E-state index contributed by atoms with van der Waals surface area (Å²) in [7, 11) is 0. The number of hydrogen-bond donors (Lipinski definition) is 1. The molecule has 0 saturated carbocycles. The van der Waals surface area contributed by atoms with E-state index >= 15 is 0 Å². The van der Waals surface area contributed by atoms with E-state index in [2.05, 4.69) is 31.3 Å². The molecule has 5 heteroatoms. The number of hydrogen-bond acceptors (Lipinski definition) is 3. The summed E-state index contributed by atoms with van der Waals surface area (Å²) in [5.41, 5.74) is 4.04. The van der Waals surface area contributed by atoms with Crippen LogP contribution in [-0.2, 0) is 10.2 Å². The van der Waals surface area contributed by atoms with Gasteiger partial charge in [0.15, 0.2) is 6.61 Å². The van der Waals surface area contributed by atoms with E-state index in [9.17, 15) is 9.18 Å². The number of para-hydroxylation sites is 1. The zero-order chi connectivity index (χ0) is 17.6. The lowest BCUT2D eigenvalue weighted by molar-refractivity contribution is -0.123. The summed E-state index contributed by atoms with van der Waals surface area (Å²) in [6, 6.07) is 13.4. The molecule has 0 bridgehead atoms. The molecule has 4 nitrogen and oxygen atoms in total. The molecule has 0 aliphatic heterocycles. The summed E-state index contributed by atoms with van der Waals surface area (Å²) in [4.78, 5) is 11.8. The van der Waals surface area contributed by atoms with Gasteiger partial charge in [0.1, 0.15) is 11.6 Å². The molecule has 0 radical (unpaired) electrons. The highest BCUT2D eigenvalue weighted by atomic mass is 19.1. The third-order valence-electron chi connectivity index (χ3n) is 3.33. The topological polar surface area (TPSA) is 50.7 Å². The Morgan fingerprint density at radius 1 is 1.17 bits per heavy atom. The maximum atomic E-state index is 12.8. The Morgan fingerprint density at radius 2 is 1.83 bits per heavy atom. The molecular weight excluding hydrogens is 307 g/mol. The van der Waals surface area contributed by atoms with Gasteiger partial charge in [-0.3, -0.25) is 4.79 Å². The molecule has 0 aromatic heterocycles. The number of nitrogens with one attached hydrogen (secondary N) is 1. The normalized spacial score (nSPS) is 11.5. The second-order valence-corrected chi connectivity index (χ2v) is 6.38. The molecule has 0 aliphatic carbocycles. The largest absolute Gasteiger partial charge is 0.483 e. The number of nitrogens with zero attached hydrogens (tertiary/aromatic N) is 1. The van der Waals surface area contributed by atoms with Crippen molar-refractivity contribution in [1.29, 1.82) is 0 Å². The lowest BCUT2D eigenvalue weighted by Crippen LogP contribution is -2.25. The van der Waals surface area contributed by atoms with Crippen molar-refractivity contribution in [2.75, 3.05) is 6.61 Å². The number of benzene rings is 2. The summed E-state index contributed by atoms with van der Waals surface area (Å²) in [5.74, 6) is 0.00170. The highest BCUT2D eigenvalue weighted by Gasteiger charge is 2.18. The molecule has 2 aromatic rings. The van der Waals surface area contributed by atoms with Gasteiger partial charge in [-0.1, -0.05) is 51.1 Å². The standard InChI is InChI=1S/C19H21FN2O2/c1-19(2,3)16-6-4-5-7-17(16)24-13-18(23)22-21-12-14-8-10-15(20)11-9-14/h4-12H,13H2,1-3H3,(H,22,23)/b21-12+. The SMILES string of the molecule is CC(C)(C)c1ccccc1OCC(=O)N/N=C/c1ccc(F)cc1. The van der Waals surface area contributed by atoms with Gasteiger partial charge in [-0.2, -0.15) is 5.10 Å². The number of carbonyl (C=O) groups excluding carboxylic acids is 1. The minimum Gasteiger partial charge on any atom is -0.483 e. The third kappa shape index (κ3) is 5.19. The number of rotatable bonds is 5. The summed E-state index contributed by atoms with van der Waals surface area (Å²) >= 11 is 0. The van der Waals surface area contributed by atoms with Gasteiger partial charge in [-0.15, -0.1) is 0 Å². The van der Waals surface area contributed by atoms with Crippen molar-refractivity contribution in [2.45, 2.75) is 26.2 Å². The molecule has 1 N–H and O–H groups in total. The average Bonchev–Trinajstić information content (AvgIpc) is 2.54. The second-order valence-electron chi connectivity index (χ2n) is 6.38. The molecule has 0 spiro atoms. The van der Waals surface area contributed by atoms with E-state index < -0.39 is 0 Å². The van der Waals surface area contributed by atoms with Crippen LogP contribution in [0.25, 0.3) is 0 Å². The van der Waals surface area contributed by atoms with Crippen LogP contribution in [-0.4, -0.2) is 18.7 Å². The van der Waals surface area contributed by atoms with Crippen LogP contribution in [0.5, 0.6) is 5.75 Å². The van der Waals surface area contributed by atoms with Crippen LogP contribution in [0.2, 0.25) is 0 Å². The van der Waals surface area contributed by atoms with Gasteiger partial charge >= 0.3 is 0 Å². The Morgan fingerprint density at radius 3 is 2.50 bits per heavy atom. The highest BCUT2D eigenvalue weighted by Crippen LogP contribution is 2.30. The molecule has 0 saturated heterocycles. The van der Waals surface area contributed by atoms with Crippen molar-refractivity contribution in [1.82, 2.24) is 5.43 Å². The molecule has 126 valence electrons. The first-order valence-electron chi connectivity index (χ1n) is 7.66. The fourth-order valence-electron chi connectivity index (χ4n) is 2.12. The molecule has 24 heavy (non-hydrogen) atoms. The van der Waals surface area contributed by atoms with Crippen LogP contribution >= 0.6 is 0 Å². The van der Waals surface area contributed by atoms with Crippen LogP contribution in [0, 0.1) is 5.82 Å². The van der Waals surface area contributed by atoms with E-state index in [0.717, 1.165) is 5.56 Å². The Balaban J connectivity index is 1.89. The van der Waals surface area contributed by atoms with Crippen LogP contribution < -0.4 is 10.2 Å². The van der Waals surface area contributed by atoms with Crippen LogP contribution in [0.1, 0.15) is 31.9 Å². The minimum absolute atomic E-state index is 0.0756. The molecule has 0 unspecified atom stereocenters. The van der Waals surface area contributed by atoms with Crippen molar-refractivity contribution >= 4 is 12.1 Å². The van der Waals surface area contributed by atoms with Gasteiger partial charge in [0.05, 0.1) is 6.21 Å². The molecular formula is C19H21FN2O2. The van der Waals surface area contributed by atoms with Crippen LogP contribution in [0.3, 0.4) is 0 Å². The van der Waals surface area contributed by atoms with Crippen molar-refractivity contribution in [3.8, 4) is 5.75 Å². The van der Waals surface area contributed by atoms with E-state index in [-0.39, 0.29) is 23.7 Å². The molecule has 2 rings (SSSR count). The molecule has 0 atom stereocenters. The Labute approximate surface area is 141 Å². The third-order valence-corrected chi connectivity index (χ3v) is 3.33. The lowest BCUT2D eigenvalue weighted by Gasteiger charge is -2.22. The molecule has 2 aromatic carbocycles. The first kappa shape index (κ1) is 17.7. The summed E-state index contributed by atoms with van der Waals surface area (Å²) in [5, 5.41) is 3.83. The Kier molecular flexibility index (Phi) is 5.68. The zero-order valence-corrected chi connectivity index (χ0v) is 14.0. The average molecular weight is 328 g/mol.